The van der Waals surface area contributed by atoms with E-state index in [4.69, 9.17) is 9.47 Å². The smallest absolute Gasteiger partial charge is 0.255 e. The second kappa shape index (κ2) is 8.65. The van der Waals surface area contributed by atoms with Gasteiger partial charge in [-0.05, 0) is 46.9 Å². The Kier molecular flexibility index (Phi) is 6.24. The van der Waals surface area contributed by atoms with Crippen molar-refractivity contribution >= 4 is 34.2 Å². The molecule has 0 atom stereocenters. The number of halogens is 2. The van der Waals surface area contributed by atoms with Crippen molar-refractivity contribution < 1.29 is 18.7 Å². The second-order valence-corrected chi connectivity index (χ2v) is 7.37. The topological polar surface area (TPSA) is 65.8 Å². The zero-order valence-electron chi connectivity index (χ0n) is 15.5. The summed E-state index contributed by atoms with van der Waals surface area (Å²) in [6, 6.07) is 9.99. The number of rotatable bonds is 4. The predicted octanol–water partition coefficient (Wildman–Crippen LogP) is 3.28. The van der Waals surface area contributed by atoms with Crippen LogP contribution < -0.4 is 14.4 Å². The minimum Gasteiger partial charge on any atom is -0.493 e. The summed E-state index contributed by atoms with van der Waals surface area (Å²) in [5, 5.41) is 9.24. The lowest BCUT2D eigenvalue weighted by Gasteiger charge is -2.36. The van der Waals surface area contributed by atoms with E-state index in [-0.39, 0.29) is 11.5 Å². The van der Waals surface area contributed by atoms with Gasteiger partial charge in [0, 0.05) is 29.7 Å². The third kappa shape index (κ3) is 3.85. The maximum absolute atomic E-state index is 13.9. The summed E-state index contributed by atoms with van der Waals surface area (Å²) in [4.78, 5) is 16.7. The molecule has 0 N–H and O–H groups in total. The number of piperazine rings is 1. The van der Waals surface area contributed by atoms with Gasteiger partial charge in [0.2, 0.25) is 0 Å². The number of benzene rings is 2. The molecule has 6 nitrogen and oxygen atoms in total. The summed E-state index contributed by atoms with van der Waals surface area (Å²) in [7, 11) is 3.08. The number of methoxy groups -OCH3 is 2. The maximum Gasteiger partial charge on any atom is 0.255 e. The second-order valence-electron chi connectivity index (χ2n) is 6.21. The zero-order chi connectivity index (χ0) is 20.3. The Balaban J connectivity index is 1.76. The van der Waals surface area contributed by atoms with Crippen molar-refractivity contribution in [1.29, 1.82) is 5.26 Å². The van der Waals surface area contributed by atoms with E-state index in [0.29, 0.717) is 48.9 Å². The van der Waals surface area contributed by atoms with Gasteiger partial charge in [-0.3, -0.25) is 4.79 Å². The first kappa shape index (κ1) is 20.2. The Morgan fingerprint density at radius 1 is 1.14 bits per heavy atom. The van der Waals surface area contributed by atoms with Crippen molar-refractivity contribution in [3.8, 4) is 17.6 Å². The number of nitrogens with zero attached hydrogens (tertiary/aromatic N) is 3. The molecule has 1 aliphatic rings. The Bertz CT molecular complexity index is 937. The van der Waals surface area contributed by atoms with Gasteiger partial charge < -0.3 is 19.3 Å². The zero-order valence-corrected chi connectivity index (χ0v) is 17.7. The average Bonchev–Trinajstić information content (AvgIpc) is 2.73. The number of anilines is 1. The van der Waals surface area contributed by atoms with Gasteiger partial charge >= 0.3 is 0 Å². The van der Waals surface area contributed by atoms with Crippen LogP contribution in [0.4, 0.5) is 10.1 Å². The van der Waals surface area contributed by atoms with Crippen molar-refractivity contribution in [2.24, 2.45) is 0 Å². The van der Waals surface area contributed by atoms with Gasteiger partial charge in [-0.2, -0.15) is 5.26 Å². The number of carbonyl (C=O) groups is 1. The summed E-state index contributed by atoms with van der Waals surface area (Å²) in [6.45, 7) is 2.00. The summed E-state index contributed by atoms with van der Waals surface area (Å²) in [6.07, 6.45) is 0. The highest BCUT2D eigenvalue weighted by Crippen LogP contribution is 2.32. The molecule has 0 radical (unpaired) electrons. The summed E-state index contributed by atoms with van der Waals surface area (Å²) < 4.78 is 25.2. The fourth-order valence-electron chi connectivity index (χ4n) is 3.23. The summed E-state index contributed by atoms with van der Waals surface area (Å²) in [5.74, 6) is 0.454. The molecule has 28 heavy (non-hydrogen) atoms. The average molecular weight is 495 g/mol. The lowest BCUT2D eigenvalue weighted by molar-refractivity contribution is 0.0745. The van der Waals surface area contributed by atoms with E-state index in [1.54, 1.807) is 36.3 Å². The molecule has 1 saturated heterocycles. The molecule has 0 aromatic heterocycles. The Morgan fingerprint density at radius 2 is 1.79 bits per heavy atom. The molecule has 2 aromatic rings. The van der Waals surface area contributed by atoms with Crippen LogP contribution in [0.1, 0.15) is 15.9 Å². The van der Waals surface area contributed by atoms with Gasteiger partial charge in [-0.25, -0.2) is 4.39 Å². The van der Waals surface area contributed by atoms with Crippen molar-refractivity contribution in [2.45, 2.75) is 0 Å². The molecule has 0 aliphatic carbocycles. The predicted molar refractivity (Wildman–Crippen MR) is 111 cm³/mol. The van der Waals surface area contributed by atoms with Gasteiger partial charge in [-0.15, -0.1) is 0 Å². The molecule has 1 amide bonds. The van der Waals surface area contributed by atoms with Gasteiger partial charge in [0.15, 0.2) is 11.5 Å². The highest BCUT2D eigenvalue weighted by molar-refractivity contribution is 14.1. The molecule has 3 rings (SSSR count). The lowest BCUT2D eigenvalue weighted by atomic mass is 10.1. The third-order valence-corrected chi connectivity index (χ3v) is 5.61. The van der Waals surface area contributed by atoms with E-state index in [0.717, 1.165) is 3.57 Å². The van der Waals surface area contributed by atoms with E-state index in [2.05, 4.69) is 22.6 Å². The van der Waals surface area contributed by atoms with Gasteiger partial charge in [0.1, 0.15) is 17.4 Å². The van der Waals surface area contributed by atoms with Crippen molar-refractivity contribution in [2.75, 3.05) is 45.3 Å². The molecule has 1 aliphatic heterocycles. The molecule has 0 unspecified atom stereocenters. The molecular formula is C20H19FIN3O3. The maximum atomic E-state index is 13.9. The largest absolute Gasteiger partial charge is 0.493 e. The molecule has 2 aromatic carbocycles. The van der Waals surface area contributed by atoms with Crippen LogP contribution >= 0.6 is 22.6 Å². The highest BCUT2D eigenvalue weighted by Gasteiger charge is 2.26. The van der Waals surface area contributed by atoms with Gasteiger partial charge in [-0.1, -0.05) is 6.07 Å². The third-order valence-electron chi connectivity index (χ3n) is 4.71. The number of hydrogen-bond donors (Lipinski definition) is 0. The van der Waals surface area contributed by atoms with Crippen LogP contribution in [-0.4, -0.2) is 51.2 Å². The lowest BCUT2D eigenvalue weighted by Crippen LogP contribution is -2.49. The molecule has 0 saturated carbocycles. The van der Waals surface area contributed by atoms with Crippen molar-refractivity contribution in [3.05, 3.63) is 50.8 Å². The number of hydrogen-bond acceptors (Lipinski definition) is 5. The first-order valence-electron chi connectivity index (χ1n) is 8.64. The summed E-state index contributed by atoms with van der Waals surface area (Å²) >= 11 is 2.11. The van der Waals surface area contributed by atoms with Gasteiger partial charge in [0.05, 0.1) is 25.5 Å². The molecule has 0 bridgehead atoms. The molecule has 1 fully saturated rings. The van der Waals surface area contributed by atoms with E-state index < -0.39 is 5.82 Å². The molecular weight excluding hydrogens is 476 g/mol. The van der Waals surface area contributed by atoms with Crippen LogP contribution in [0, 0.1) is 20.7 Å². The minimum atomic E-state index is -0.529. The van der Waals surface area contributed by atoms with Crippen molar-refractivity contribution in [3.63, 3.8) is 0 Å². The number of ether oxygens (including phenoxy) is 2. The van der Waals surface area contributed by atoms with E-state index in [1.165, 1.54) is 13.2 Å². The highest BCUT2D eigenvalue weighted by atomic mass is 127. The fraction of sp³-hybridized carbons (Fsp3) is 0.300. The Hall–Kier alpha value is -2.54. The number of carbonyl (C=O) groups excluding carboxylic acids is 1. The Labute approximate surface area is 176 Å². The number of amides is 1. The normalized spacial score (nSPS) is 13.8. The summed E-state index contributed by atoms with van der Waals surface area (Å²) in [5.41, 5.74) is 1.15. The molecule has 1 heterocycles. The van der Waals surface area contributed by atoms with E-state index in [1.807, 2.05) is 11.0 Å². The monoisotopic (exact) mass is 495 g/mol. The van der Waals surface area contributed by atoms with Crippen LogP contribution in [0.25, 0.3) is 0 Å². The van der Waals surface area contributed by atoms with Crippen LogP contribution in [0.5, 0.6) is 11.5 Å². The fourth-order valence-corrected chi connectivity index (χ4v) is 3.90. The van der Waals surface area contributed by atoms with Crippen LogP contribution in [-0.2, 0) is 0 Å². The van der Waals surface area contributed by atoms with E-state index >= 15 is 0 Å². The van der Waals surface area contributed by atoms with Gasteiger partial charge in [0.25, 0.3) is 5.91 Å². The van der Waals surface area contributed by atoms with Crippen LogP contribution in [0.2, 0.25) is 0 Å². The Morgan fingerprint density at radius 3 is 2.39 bits per heavy atom. The standard InChI is InChI=1S/C20H19FIN3O3/c1-27-18-10-13(16(22)11-19(18)28-2)20(26)25-8-6-24(7-9-25)17-5-3-4-15(21)14(17)12-23/h3-5,10-11H,6-9H2,1-2H3. The SMILES string of the molecule is COc1cc(I)c(C(=O)N2CCN(c3cccc(F)c3C#N)CC2)cc1OC. The quantitative estimate of drug-likeness (QED) is 0.610. The van der Waals surface area contributed by atoms with Crippen LogP contribution in [0.3, 0.4) is 0 Å². The number of nitriles is 1. The first-order valence-corrected chi connectivity index (χ1v) is 9.72. The van der Waals surface area contributed by atoms with Crippen molar-refractivity contribution in [1.82, 2.24) is 4.90 Å². The van der Waals surface area contributed by atoms with E-state index in [9.17, 15) is 14.4 Å². The molecule has 146 valence electrons. The molecule has 8 heteroatoms. The first-order chi connectivity index (χ1) is 13.5. The minimum absolute atomic E-state index is 0.0386. The van der Waals surface area contributed by atoms with Crippen LogP contribution in [0.15, 0.2) is 30.3 Å². The molecule has 0 spiro atoms.